The van der Waals surface area contributed by atoms with Gasteiger partial charge in [0.15, 0.2) is 0 Å². The van der Waals surface area contributed by atoms with Gasteiger partial charge in [0, 0.05) is 30.3 Å². The third-order valence-corrected chi connectivity index (χ3v) is 4.74. The quantitative estimate of drug-likeness (QED) is 0.551. The number of halogens is 1. The molecule has 2 heterocycles. The SMILES string of the molecule is COC(=O)c1oc2ccccc2c1CSc1cnn(C)c1CN.Cl. The third-order valence-electron chi connectivity index (χ3n) is 3.66. The molecule has 0 saturated carbocycles. The van der Waals surface area contributed by atoms with Crippen LogP contribution in [0.1, 0.15) is 21.8 Å². The molecule has 0 saturated heterocycles. The molecule has 0 aliphatic heterocycles. The molecule has 2 aromatic heterocycles. The van der Waals surface area contributed by atoms with Crippen LogP contribution in [-0.4, -0.2) is 22.9 Å². The molecule has 0 unspecified atom stereocenters. The van der Waals surface area contributed by atoms with Crippen LogP contribution in [-0.2, 0) is 24.1 Å². The van der Waals surface area contributed by atoms with Crippen molar-refractivity contribution in [3.05, 3.63) is 47.5 Å². The minimum Gasteiger partial charge on any atom is -0.463 e. The van der Waals surface area contributed by atoms with Crippen molar-refractivity contribution in [1.29, 1.82) is 0 Å². The molecule has 0 radical (unpaired) electrons. The molecular formula is C16H18ClN3O3S. The Labute approximate surface area is 149 Å². The zero-order chi connectivity index (χ0) is 16.4. The van der Waals surface area contributed by atoms with Crippen molar-refractivity contribution < 1.29 is 13.9 Å². The zero-order valence-electron chi connectivity index (χ0n) is 13.3. The standard InChI is InChI=1S/C16H17N3O3S.ClH/c1-19-12(7-17)14(8-18-19)23-9-11-10-5-3-4-6-13(10)22-15(11)16(20)21-2;/h3-6,8H,7,9,17H2,1-2H3;1H. The first-order valence-electron chi connectivity index (χ1n) is 7.08. The van der Waals surface area contributed by atoms with E-state index in [1.54, 1.807) is 22.6 Å². The normalized spacial score (nSPS) is 10.6. The van der Waals surface area contributed by atoms with Gasteiger partial charge in [0.05, 0.1) is 23.9 Å². The summed E-state index contributed by atoms with van der Waals surface area (Å²) in [4.78, 5) is 13.0. The van der Waals surface area contributed by atoms with Gasteiger partial charge in [-0.2, -0.15) is 5.10 Å². The minimum absolute atomic E-state index is 0. The van der Waals surface area contributed by atoms with Crippen molar-refractivity contribution in [2.75, 3.05) is 7.11 Å². The maximum absolute atomic E-state index is 12.0. The molecule has 24 heavy (non-hydrogen) atoms. The Balaban J connectivity index is 0.00000208. The second kappa shape index (κ2) is 7.74. The van der Waals surface area contributed by atoms with Crippen LogP contribution < -0.4 is 5.73 Å². The number of carbonyl (C=O) groups excluding carboxylic acids is 1. The van der Waals surface area contributed by atoms with E-state index in [2.05, 4.69) is 5.10 Å². The van der Waals surface area contributed by atoms with Gasteiger partial charge in [0.25, 0.3) is 0 Å². The monoisotopic (exact) mass is 367 g/mol. The van der Waals surface area contributed by atoms with Crippen molar-refractivity contribution in [3.8, 4) is 0 Å². The number of para-hydroxylation sites is 1. The van der Waals surface area contributed by atoms with E-state index in [0.717, 1.165) is 21.5 Å². The summed E-state index contributed by atoms with van der Waals surface area (Å²) >= 11 is 1.58. The van der Waals surface area contributed by atoms with Gasteiger partial charge < -0.3 is 14.9 Å². The lowest BCUT2D eigenvalue weighted by Gasteiger charge is -2.04. The Hall–Kier alpha value is -1.96. The summed E-state index contributed by atoms with van der Waals surface area (Å²) in [6.07, 6.45) is 1.78. The lowest BCUT2D eigenvalue weighted by atomic mass is 10.1. The third kappa shape index (κ3) is 3.28. The largest absolute Gasteiger partial charge is 0.463 e. The summed E-state index contributed by atoms with van der Waals surface area (Å²) < 4.78 is 12.3. The Morgan fingerprint density at radius 2 is 2.17 bits per heavy atom. The summed E-state index contributed by atoms with van der Waals surface area (Å²) in [5.41, 5.74) is 8.23. The van der Waals surface area contributed by atoms with Crippen LogP contribution in [0.5, 0.6) is 0 Å². The Morgan fingerprint density at radius 3 is 2.88 bits per heavy atom. The van der Waals surface area contributed by atoms with E-state index >= 15 is 0 Å². The van der Waals surface area contributed by atoms with E-state index in [1.807, 2.05) is 31.3 Å². The summed E-state index contributed by atoms with van der Waals surface area (Å²) in [5.74, 6) is 0.349. The number of methoxy groups -OCH3 is 1. The number of benzene rings is 1. The van der Waals surface area contributed by atoms with Crippen LogP contribution >= 0.6 is 24.2 Å². The minimum atomic E-state index is -0.470. The molecule has 3 aromatic rings. The molecule has 128 valence electrons. The highest BCUT2D eigenvalue weighted by Gasteiger charge is 2.21. The molecule has 0 spiro atoms. The topological polar surface area (TPSA) is 83.3 Å². The first-order chi connectivity index (χ1) is 11.2. The van der Waals surface area contributed by atoms with E-state index in [-0.39, 0.29) is 18.2 Å². The number of hydrogen-bond acceptors (Lipinski definition) is 6. The van der Waals surface area contributed by atoms with E-state index in [0.29, 0.717) is 17.9 Å². The number of esters is 1. The highest BCUT2D eigenvalue weighted by Crippen LogP contribution is 2.33. The van der Waals surface area contributed by atoms with Gasteiger partial charge in [-0.3, -0.25) is 4.68 Å². The first kappa shape index (κ1) is 18.4. The molecule has 0 aliphatic rings. The molecule has 0 fully saturated rings. The van der Waals surface area contributed by atoms with Gasteiger partial charge >= 0.3 is 5.97 Å². The second-order valence-corrected chi connectivity index (χ2v) is 5.99. The van der Waals surface area contributed by atoms with E-state index in [9.17, 15) is 4.79 Å². The maximum atomic E-state index is 12.0. The molecular weight excluding hydrogens is 350 g/mol. The van der Waals surface area contributed by atoms with Crippen LogP contribution in [0.2, 0.25) is 0 Å². The molecule has 2 N–H and O–H groups in total. The number of hydrogen-bond donors (Lipinski definition) is 1. The number of nitrogens with zero attached hydrogens (tertiary/aromatic N) is 2. The highest BCUT2D eigenvalue weighted by molar-refractivity contribution is 7.98. The average molecular weight is 368 g/mol. The number of rotatable bonds is 5. The Bertz CT molecular complexity index is 859. The predicted octanol–water partition coefficient (Wildman–Crippen LogP) is 3.13. The van der Waals surface area contributed by atoms with Gasteiger partial charge in [0.1, 0.15) is 5.58 Å². The average Bonchev–Trinajstić information content (AvgIpc) is 3.12. The number of carbonyl (C=O) groups is 1. The molecule has 0 aliphatic carbocycles. The van der Waals surface area contributed by atoms with E-state index < -0.39 is 5.97 Å². The number of aromatic nitrogens is 2. The smallest absolute Gasteiger partial charge is 0.374 e. The summed E-state index contributed by atoms with van der Waals surface area (Å²) in [6.45, 7) is 0.412. The lowest BCUT2D eigenvalue weighted by Crippen LogP contribution is -2.05. The molecule has 0 amide bonds. The Morgan fingerprint density at radius 1 is 1.42 bits per heavy atom. The van der Waals surface area contributed by atoms with Gasteiger partial charge in [-0.1, -0.05) is 18.2 Å². The molecule has 0 bridgehead atoms. The van der Waals surface area contributed by atoms with Crippen molar-refractivity contribution in [2.24, 2.45) is 12.8 Å². The van der Waals surface area contributed by atoms with Crippen LogP contribution in [0.4, 0.5) is 0 Å². The van der Waals surface area contributed by atoms with Gasteiger partial charge in [-0.15, -0.1) is 24.2 Å². The summed E-state index contributed by atoms with van der Waals surface area (Å²) in [6, 6.07) is 7.57. The van der Waals surface area contributed by atoms with Crippen LogP contribution in [0.25, 0.3) is 11.0 Å². The maximum Gasteiger partial charge on any atom is 0.374 e. The van der Waals surface area contributed by atoms with E-state index in [1.165, 1.54) is 7.11 Å². The van der Waals surface area contributed by atoms with Crippen LogP contribution in [0, 0.1) is 0 Å². The van der Waals surface area contributed by atoms with Gasteiger partial charge in [-0.05, 0) is 6.07 Å². The molecule has 0 atom stereocenters. The van der Waals surface area contributed by atoms with Crippen molar-refractivity contribution in [3.63, 3.8) is 0 Å². The van der Waals surface area contributed by atoms with Crippen LogP contribution in [0.3, 0.4) is 0 Å². The van der Waals surface area contributed by atoms with Crippen molar-refractivity contribution >= 4 is 41.1 Å². The van der Waals surface area contributed by atoms with Crippen LogP contribution in [0.15, 0.2) is 39.8 Å². The molecule has 8 heteroatoms. The highest BCUT2D eigenvalue weighted by atomic mass is 35.5. The van der Waals surface area contributed by atoms with Crippen molar-refractivity contribution in [1.82, 2.24) is 9.78 Å². The summed E-state index contributed by atoms with van der Waals surface area (Å²) in [7, 11) is 3.21. The van der Waals surface area contributed by atoms with Gasteiger partial charge in [-0.25, -0.2) is 4.79 Å². The Kier molecular flexibility index (Phi) is 5.93. The predicted molar refractivity (Wildman–Crippen MR) is 95.5 cm³/mol. The number of fused-ring (bicyclic) bond motifs is 1. The number of nitrogens with two attached hydrogens (primary N) is 1. The first-order valence-corrected chi connectivity index (χ1v) is 8.06. The number of aryl methyl sites for hydroxylation is 1. The fourth-order valence-corrected chi connectivity index (χ4v) is 3.54. The van der Waals surface area contributed by atoms with E-state index in [4.69, 9.17) is 14.9 Å². The fourth-order valence-electron chi connectivity index (χ4n) is 2.45. The second-order valence-electron chi connectivity index (χ2n) is 4.97. The number of ether oxygens (including phenoxy) is 1. The number of thioether (sulfide) groups is 1. The fraction of sp³-hybridized carbons (Fsp3) is 0.250. The molecule has 1 aromatic carbocycles. The number of furan rings is 1. The molecule has 6 nitrogen and oxygen atoms in total. The summed E-state index contributed by atoms with van der Waals surface area (Å²) in [5, 5.41) is 5.14. The lowest BCUT2D eigenvalue weighted by molar-refractivity contribution is 0.0566. The van der Waals surface area contributed by atoms with Gasteiger partial charge in [0.2, 0.25) is 5.76 Å². The van der Waals surface area contributed by atoms with Crippen molar-refractivity contribution in [2.45, 2.75) is 17.2 Å². The molecule has 3 rings (SSSR count). The zero-order valence-corrected chi connectivity index (χ0v) is 14.9.